The maximum absolute atomic E-state index is 14.2. The predicted octanol–water partition coefficient (Wildman–Crippen LogP) is 4.23. The summed E-state index contributed by atoms with van der Waals surface area (Å²) in [5.74, 6) is -1.36. The summed E-state index contributed by atoms with van der Waals surface area (Å²) in [6, 6.07) is 22.5. The molecular weight excluding hydrogens is 500 g/mol. The van der Waals surface area contributed by atoms with E-state index in [1.807, 2.05) is 61.5 Å². The number of nitrogens with zero attached hydrogens (tertiary/aromatic N) is 1. The zero-order valence-corrected chi connectivity index (χ0v) is 22.2. The third-order valence-electron chi connectivity index (χ3n) is 7.70. The molecule has 1 spiro atoms. The summed E-state index contributed by atoms with van der Waals surface area (Å²) in [6.45, 7) is 1.96. The van der Waals surface area contributed by atoms with Crippen molar-refractivity contribution in [3.8, 4) is 5.75 Å². The Balaban J connectivity index is 1.67. The molecular formula is C30H30N2O7. The Labute approximate surface area is 226 Å². The quantitative estimate of drug-likeness (QED) is 0.358. The number of carbonyl (C=O) groups excluding carboxylic acids is 3. The highest BCUT2D eigenvalue weighted by atomic mass is 16.7. The van der Waals surface area contributed by atoms with Crippen molar-refractivity contribution >= 4 is 29.2 Å². The number of ether oxygens (including phenoxy) is 3. The highest BCUT2D eigenvalue weighted by Gasteiger charge is 2.88. The number of anilines is 2. The van der Waals surface area contributed by atoms with Crippen LogP contribution in [0, 0.1) is 17.8 Å². The van der Waals surface area contributed by atoms with E-state index in [0.29, 0.717) is 22.7 Å². The third kappa shape index (κ3) is 4.10. The summed E-state index contributed by atoms with van der Waals surface area (Å²) < 4.78 is 15.5. The summed E-state index contributed by atoms with van der Waals surface area (Å²) >= 11 is 0. The normalized spacial score (nSPS) is 22.7. The van der Waals surface area contributed by atoms with Crippen molar-refractivity contribution in [1.29, 1.82) is 0 Å². The van der Waals surface area contributed by atoms with Gasteiger partial charge in [-0.15, -0.1) is 0 Å². The average Bonchev–Trinajstić information content (AvgIpc) is 3.54. The lowest BCUT2D eigenvalue weighted by Gasteiger charge is -2.28. The van der Waals surface area contributed by atoms with Crippen LogP contribution < -0.4 is 15.1 Å². The average molecular weight is 531 g/mol. The van der Waals surface area contributed by atoms with Gasteiger partial charge < -0.3 is 19.5 Å². The number of aryl methyl sites for hydroxylation is 1. The number of hydrogen-bond donors (Lipinski definition) is 1. The SMILES string of the molecule is COC(=O)C1(C(=O)OC)C[C@]12[C@@H](c1ccccc1)ON(c1ccc(C)cc1)[C@H]2C(=O)Nc1ccc(OC)cc1. The lowest BCUT2D eigenvalue weighted by molar-refractivity contribution is -0.164. The molecule has 1 heterocycles. The van der Waals surface area contributed by atoms with Gasteiger partial charge in [-0.2, -0.15) is 0 Å². The second-order valence-corrected chi connectivity index (χ2v) is 9.78. The van der Waals surface area contributed by atoms with E-state index in [0.717, 1.165) is 5.56 Å². The first-order valence-electron chi connectivity index (χ1n) is 12.5. The van der Waals surface area contributed by atoms with Gasteiger partial charge in [0.15, 0.2) is 5.41 Å². The second kappa shape index (κ2) is 10.1. The van der Waals surface area contributed by atoms with Crippen LogP contribution in [0.25, 0.3) is 0 Å². The minimum atomic E-state index is -1.75. The lowest BCUT2D eigenvalue weighted by atomic mass is 9.78. The van der Waals surface area contributed by atoms with Crippen molar-refractivity contribution in [1.82, 2.24) is 0 Å². The molecule has 1 amide bonds. The van der Waals surface area contributed by atoms with Crippen LogP contribution in [0.5, 0.6) is 5.75 Å². The number of carbonyl (C=O) groups is 3. The van der Waals surface area contributed by atoms with E-state index in [9.17, 15) is 14.4 Å². The van der Waals surface area contributed by atoms with Crippen LogP contribution in [0.15, 0.2) is 78.9 Å². The molecule has 0 aromatic heterocycles. The molecule has 1 aliphatic heterocycles. The van der Waals surface area contributed by atoms with Gasteiger partial charge in [-0.3, -0.25) is 19.2 Å². The van der Waals surface area contributed by atoms with Crippen LogP contribution in [0.1, 0.15) is 23.7 Å². The fourth-order valence-corrected chi connectivity index (χ4v) is 5.73. The molecule has 3 atom stereocenters. The second-order valence-electron chi connectivity index (χ2n) is 9.78. The molecule has 2 aliphatic rings. The van der Waals surface area contributed by atoms with Gasteiger partial charge in [0.05, 0.1) is 32.4 Å². The van der Waals surface area contributed by atoms with E-state index < -0.39 is 40.8 Å². The monoisotopic (exact) mass is 530 g/mol. The van der Waals surface area contributed by atoms with Crippen LogP contribution in [0.2, 0.25) is 0 Å². The molecule has 5 rings (SSSR count). The van der Waals surface area contributed by atoms with Gasteiger partial charge in [0.1, 0.15) is 17.9 Å². The Hall–Kier alpha value is -4.37. The van der Waals surface area contributed by atoms with Gasteiger partial charge in [-0.1, -0.05) is 48.0 Å². The number of hydrogen-bond acceptors (Lipinski definition) is 8. The Morgan fingerprint density at radius 1 is 0.872 bits per heavy atom. The smallest absolute Gasteiger partial charge is 0.324 e. The maximum Gasteiger partial charge on any atom is 0.324 e. The van der Waals surface area contributed by atoms with Crippen molar-refractivity contribution in [3.63, 3.8) is 0 Å². The number of benzene rings is 3. The molecule has 9 nitrogen and oxygen atoms in total. The van der Waals surface area contributed by atoms with E-state index in [-0.39, 0.29) is 6.42 Å². The Morgan fingerprint density at radius 2 is 1.49 bits per heavy atom. The van der Waals surface area contributed by atoms with E-state index in [4.69, 9.17) is 19.0 Å². The highest BCUT2D eigenvalue weighted by molar-refractivity contribution is 6.09. The molecule has 1 saturated heterocycles. The fourth-order valence-electron chi connectivity index (χ4n) is 5.73. The van der Waals surface area contributed by atoms with Gasteiger partial charge in [0.2, 0.25) is 5.91 Å². The minimum absolute atomic E-state index is 0.00195. The molecule has 202 valence electrons. The summed E-state index contributed by atoms with van der Waals surface area (Å²) in [7, 11) is 4.00. The molecule has 3 aromatic rings. The van der Waals surface area contributed by atoms with Gasteiger partial charge in [-0.25, -0.2) is 5.06 Å². The van der Waals surface area contributed by atoms with Crippen molar-refractivity contribution in [2.75, 3.05) is 31.7 Å². The first-order chi connectivity index (χ1) is 18.8. The highest BCUT2D eigenvalue weighted by Crippen LogP contribution is 2.76. The first-order valence-corrected chi connectivity index (χ1v) is 12.5. The Morgan fingerprint density at radius 3 is 2.05 bits per heavy atom. The molecule has 0 unspecified atom stereocenters. The van der Waals surface area contributed by atoms with Gasteiger partial charge in [0, 0.05) is 5.69 Å². The topological polar surface area (TPSA) is 103 Å². The molecule has 1 saturated carbocycles. The molecule has 9 heteroatoms. The standard InChI is InChI=1S/C30H30N2O7/c1-19-10-14-22(15-11-19)32-24(26(33)31-21-12-16-23(36-2)17-13-21)29(25(39-32)20-8-6-5-7-9-20)18-30(29,27(34)37-3)28(35)38-4/h5-17,24-25H,18H2,1-4H3,(H,31,33)/t24-,25+,29-/m0/s1. The van der Waals surface area contributed by atoms with Gasteiger partial charge in [0.25, 0.3) is 0 Å². The molecule has 39 heavy (non-hydrogen) atoms. The summed E-state index contributed by atoms with van der Waals surface area (Å²) in [6.07, 6.45) is -0.827. The Kier molecular flexibility index (Phi) is 6.78. The fraction of sp³-hybridized carbons (Fsp3) is 0.300. The number of nitrogens with one attached hydrogen (secondary N) is 1. The number of rotatable bonds is 7. The molecule has 1 aliphatic carbocycles. The van der Waals surface area contributed by atoms with Crippen molar-refractivity contribution in [2.45, 2.75) is 25.5 Å². The Bertz CT molecular complexity index is 1360. The summed E-state index contributed by atoms with van der Waals surface area (Å²) in [5.41, 5.74) is -0.219. The van der Waals surface area contributed by atoms with Gasteiger partial charge >= 0.3 is 11.9 Å². The number of hydroxylamine groups is 1. The molecule has 2 fully saturated rings. The van der Waals surface area contributed by atoms with Gasteiger partial charge in [-0.05, 0) is 55.3 Å². The zero-order chi connectivity index (χ0) is 27.8. The molecule has 3 aromatic carbocycles. The van der Waals surface area contributed by atoms with E-state index in [1.54, 1.807) is 31.4 Å². The van der Waals surface area contributed by atoms with E-state index in [2.05, 4.69) is 5.32 Å². The first kappa shape index (κ1) is 26.2. The predicted molar refractivity (Wildman–Crippen MR) is 143 cm³/mol. The summed E-state index contributed by atoms with van der Waals surface area (Å²) in [4.78, 5) is 47.5. The van der Waals surface area contributed by atoms with Crippen LogP contribution in [-0.4, -0.2) is 45.2 Å². The molecule has 1 N–H and O–H groups in total. The molecule has 0 radical (unpaired) electrons. The van der Waals surface area contributed by atoms with Crippen LogP contribution in [-0.2, 0) is 28.7 Å². The maximum atomic E-state index is 14.2. The number of methoxy groups -OCH3 is 3. The van der Waals surface area contributed by atoms with Crippen LogP contribution >= 0.6 is 0 Å². The van der Waals surface area contributed by atoms with Crippen LogP contribution in [0.4, 0.5) is 11.4 Å². The zero-order valence-electron chi connectivity index (χ0n) is 22.2. The molecule has 0 bridgehead atoms. The number of amides is 1. The number of esters is 2. The van der Waals surface area contributed by atoms with Crippen molar-refractivity contribution in [3.05, 3.63) is 90.0 Å². The lowest BCUT2D eigenvalue weighted by Crippen LogP contribution is -2.48. The van der Waals surface area contributed by atoms with Crippen LogP contribution in [0.3, 0.4) is 0 Å². The van der Waals surface area contributed by atoms with E-state index in [1.165, 1.54) is 19.3 Å². The van der Waals surface area contributed by atoms with E-state index >= 15 is 0 Å². The van der Waals surface area contributed by atoms with Crippen molar-refractivity contribution in [2.24, 2.45) is 10.8 Å². The third-order valence-corrected chi connectivity index (χ3v) is 7.70. The summed E-state index contributed by atoms with van der Waals surface area (Å²) in [5, 5.41) is 4.45. The largest absolute Gasteiger partial charge is 0.497 e. The minimum Gasteiger partial charge on any atom is -0.497 e. The van der Waals surface area contributed by atoms with Crippen molar-refractivity contribution < 1.29 is 33.4 Å².